The Morgan fingerprint density at radius 1 is 1.13 bits per heavy atom. The molecule has 0 saturated carbocycles. The molecule has 1 heterocycles. The highest BCUT2D eigenvalue weighted by atomic mass is 16.5. The zero-order chi connectivity index (χ0) is 21.5. The van der Waals surface area contributed by atoms with E-state index < -0.39 is 0 Å². The lowest BCUT2D eigenvalue weighted by atomic mass is 9.98. The fourth-order valence-corrected chi connectivity index (χ4v) is 3.64. The number of methoxy groups -OCH3 is 2. The number of carbonyl (C=O) groups is 1. The van der Waals surface area contributed by atoms with Gasteiger partial charge in [0.15, 0.2) is 11.5 Å². The van der Waals surface area contributed by atoms with Gasteiger partial charge in [0.05, 0.1) is 20.8 Å². The lowest BCUT2D eigenvalue weighted by Crippen LogP contribution is -2.41. The standard InChI is InChI=1S/C24H30N2O4/c1-5-12-30-21-8-6-18(7-9-21)15-25(2)17-24(27)26-11-10-19-13-22(28-3)23(29-4)14-20(19)16-26/h5-9,13-14H,1,10-12,15-17H2,2-4H3. The predicted molar refractivity (Wildman–Crippen MR) is 117 cm³/mol. The third-order valence-corrected chi connectivity index (χ3v) is 5.22. The molecular formula is C24H30N2O4. The summed E-state index contributed by atoms with van der Waals surface area (Å²) in [5, 5.41) is 0. The van der Waals surface area contributed by atoms with Crippen LogP contribution in [0.4, 0.5) is 0 Å². The first kappa shape index (κ1) is 21.7. The number of nitrogens with zero attached hydrogens (tertiary/aromatic N) is 2. The van der Waals surface area contributed by atoms with Crippen LogP contribution in [0.15, 0.2) is 49.1 Å². The van der Waals surface area contributed by atoms with Crippen molar-refractivity contribution in [2.45, 2.75) is 19.5 Å². The molecule has 3 rings (SSSR count). The van der Waals surface area contributed by atoms with Crippen LogP contribution in [-0.2, 0) is 24.3 Å². The smallest absolute Gasteiger partial charge is 0.237 e. The van der Waals surface area contributed by atoms with Crippen LogP contribution in [0.25, 0.3) is 0 Å². The van der Waals surface area contributed by atoms with Gasteiger partial charge in [-0.1, -0.05) is 24.8 Å². The Balaban J connectivity index is 1.56. The number of benzene rings is 2. The fourth-order valence-electron chi connectivity index (χ4n) is 3.64. The highest BCUT2D eigenvalue weighted by molar-refractivity contribution is 5.78. The van der Waals surface area contributed by atoms with Crippen molar-refractivity contribution in [3.05, 3.63) is 65.7 Å². The largest absolute Gasteiger partial charge is 0.493 e. The quantitative estimate of drug-likeness (QED) is 0.594. The molecule has 1 amide bonds. The van der Waals surface area contributed by atoms with Gasteiger partial charge in [0.2, 0.25) is 5.91 Å². The van der Waals surface area contributed by atoms with Crippen molar-refractivity contribution in [2.24, 2.45) is 0 Å². The SMILES string of the molecule is C=CCOc1ccc(CN(C)CC(=O)N2CCc3cc(OC)c(OC)cc3C2)cc1. The molecule has 0 radical (unpaired) electrons. The molecule has 0 fully saturated rings. The second-order valence-corrected chi connectivity index (χ2v) is 7.46. The van der Waals surface area contributed by atoms with Crippen molar-refractivity contribution in [2.75, 3.05) is 41.0 Å². The van der Waals surface area contributed by atoms with E-state index in [9.17, 15) is 4.79 Å². The second-order valence-electron chi connectivity index (χ2n) is 7.46. The van der Waals surface area contributed by atoms with Gasteiger partial charge in [0.1, 0.15) is 12.4 Å². The van der Waals surface area contributed by atoms with Gasteiger partial charge < -0.3 is 19.1 Å². The van der Waals surface area contributed by atoms with Crippen LogP contribution in [-0.4, -0.2) is 56.7 Å². The summed E-state index contributed by atoms with van der Waals surface area (Å²) in [6, 6.07) is 11.9. The van der Waals surface area contributed by atoms with E-state index in [1.165, 1.54) is 5.56 Å². The van der Waals surface area contributed by atoms with Gasteiger partial charge in [-0.2, -0.15) is 0 Å². The van der Waals surface area contributed by atoms with Crippen LogP contribution in [0, 0.1) is 0 Å². The topological polar surface area (TPSA) is 51.2 Å². The van der Waals surface area contributed by atoms with E-state index in [2.05, 4.69) is 6.58 Å². The van der Waals surface area contributed by atoms with Crippen molar-refractivity contribution >= 4 is 5.91 Å². The van der Waals surface area contributed by atoms with Gasteiger partial charge in [0, 0.05) is 19.6 Å². The normalized spacial score (nSPS) is 13.0. The van der Waals surface area contributed by atoms with Crippen LogP contribution in [0.2, 0.25) is 0 Å². The van der Waals surface area contributed by atoms with E-state index in [0.717, 1.165) is 29.0 Å². The van der Waals surface area contributed by atoms with Crippen molar-refractivity contribution in [3.8, 4) is 17.2 Å². The van der Waals surface area contributed by atoms with E-state index in [-0.39, 0.29) is 5.91 Å². The first-order valence-electron chi connectivity index (χ1n) is 10.1. The number of fused-ring (bicyclic) bond motifs is 1. The Labute approximate surface area is 178 Å². The summed E-state index contributed by atoms with van der Waals surface area (Å²) in [4.78, 5) is 16.8. The third kappa shape index (κ3) is 5.33. The Morgan fingerprint density at radius 3 is 2.43 bits per heavy atom. The predicted octanol–water partition coefficient (Wildman–Crippen LogP) is 3.29. The van der Waals surface area contributed by atoms with E-state index in [4.69, 9.17) is 14.2 Å². The minimum absolute atomic E-state index is 0.129. The monoisotopic (exact) mass is 410 g/mol. The van der Waals surface area contributed by atoms with E-state index in [0.29, 0.717) is 38.5 Å². The molecule has 2 aromatic carbocycles. The van der Waals surface area contributed by atoms with Crippen molar-refractivity contribution in [1.29, 1.82) is 0 Å². The highest BCUT2D eigenvalue weighted by Gasteiger charge is 2.23. The lowest BCUT2D eigenvalue weighted by molar-refractivity contribution is -0.133. The summed E-state index contributed by atoms with van der Waals surface area (Å²) in [5.41, 5.74) is 3.46. The average Bonchev–Trinajstić information content (AvgIpc) is 2.77. The van der Waals surface area contributed by atoms with E-state index in [1.54, 1.807) is 20.3 Å². The van der Waals surface area contributed by atoms with Gasteiger partial charge >= 0.3 is 0 Å². The maximum absolute atomic E-state index is 12.9. The van der Waals surface area contributed by atoms with Crippen molar-refractivity contribution in [3.63, 3.8) is 0 Å². The van der Waals surface area contributed by atoms with Crippen LogP contribution in [0.3, 0.4) is 0 Å². The molecule has 1 aliphatic rings. The van der Waals surface area contributed by atoms with Gasteiger partial charge in [-0.25, -0.2) is 0 Å². The summed E-state index contributed by atoms with van der Waals surface area (Å²) in [6.45, 7) is 6.52. The average molecular weight is 411 g/mol. The van der Waals surface area contributed by atoms with Gasteiger partial charge in [-0.05, 0) is 54.4 Å². The number of likely N-dealkylation sites (N-methyl/N-ethyl adjacent to an activating group) is 1. The van der Waals surface area contributed by atoms with Crippen molar-refractivity contribution < 1.29 is 19.0 Å². The summed E-state index contributed by atoms with van der Waals surface area (Å²) in [7, 11) is 5.23. The number of ether oxygens (including phenoxy) is 3. The molecule has 0 bridgehead atoms. The Hall–Kier alpha value is -2.99. The number of carbonyl (C=O) groups excluding carboxylic acids is 1. The van der Waals surface area contributed by atoms with Crippen LogP contribution in [0.1, 0.15) is 16.7 Å². The first-order valence-corrected chi connectivity index (χ1v) is 10.1. The molecular weight excluding hydrogens is 380 g/mol. The number of rotatable bonds is 9. The van der Waals surface area contributed by atoms with Crippen LogP contribution >= 0.6 is 0 Å². The molecule has 0 N–H and O–H groups in total. The molecule has 0 atom stereocenters. The molecule has 6 nitrogen and oxygen atoms in total. The van der Waals surface area contributed by atoms with Gasteiger partial charge in [-0.15, -0.1) is 0 Å². The van der Waals surface area contributed by atoms with Crippen molar-refractivity contribution in [1.82, 2.24) is 9.80 Å². The summed E-state index contributed by atoms with van der Waals surface area (Å²) in [5.74, 6) is 2.38. The molecule has 0 aliphatic carbocycles. The maximum Gasteiger partial charge on any atom is 0.237 e. The molecule has 0 aromatic heterocycles. The summed E-state index contributed by atoms with van der Waals surface area (Å²) in [6.07, 6.45) is 2.54. The minimum atomic E-state index is 0.129. The van der Waals surface area contributed by atoms with Crippen LogP contribution in [0.5, 0.6) is 17.2 Å². The molecule has 6 heteroatoms. The first-order chi connectivity index (χ1) is 14.5. The van der Waals surface area contributed by atoms with E-state index in [1.807, 2.05) is 53.2 Å². The van der Waals surface area contributed by atoms with E-state index >= 15 is 0 Å². The number of hydrogen-bond donors (Lipinski definition) is 0. The molecule has 1 aliphatic heterocycles. The maximum atomic E-state index is 12.9. The fraction of sp³-hybridized carbons (Fsp3) is 0.375. The zero-order valence-electron chi connectivity index (χ0n) is 18.0. The second kappa shape index (κ2) is 10.2. The molecule has 2 aromatic rings. The number of hydrogen-bond acceptors (Lipinski definition) is 5. The highest BCUT2D eigenvalue weighted by Crippen LogP contribution is 2.33. The molecule has 160 valence electrons. The van der Waals surface area contributed by atoms with Gasteiger partial charge in [0.25, 0.3) is 0 Å². The molecule has 0 spiro atoms. The minimum Gasteiger partial charge on any atom is -0.493 e. The summed E-state index contributed by atoms with van der Waals surface area (Å²) < 4.78 is 16.3. The number of amides is 1. The zero-order valence-corrected chi connectivity index (χ0v) is 18.0. The third-order valence-electron chi connectivity index (χ3n) is 5.22. The molecule has 0 unspecified atom stereocenters. The molecule has 0 saturated heterocycles. The lowest BCUT2D eigenvalue weighted by Gasteiger charge is -2.31. The Kier molecular flexibility index (Phi) is 7.36. The Morgan fingerprint density at radius 2 is 1.80 bits per heavy atom. The van der Waals surface area contributed by atoms with Gasteiger partial charge in [-0.3, -0.25) is 9.69 Å². The summed E-state index contributed by atoms with van der Waals surface area (Å²) >= 11 is 0. The Bertz CT molecular complexity index is 880. The van der Waals surface area contributed by atoms with Crippen LogP contribution < -0.4 is 14.2 Å². The molecule has 30 heavy (non-hydrogen) atoms.